The summed E-state index contributed by atoms with van der Waals surface area (Å²) in [7, 11) is 4.25. The van der Waals surface area contributed by atoms with Gasteiger partial charge in [-0.05, 0) is 50.7 Å². The first kappa shape index (κ1) is 14.0. The molecule has 1 atom stereocenters. The van der Waals surface area contributed by atoms with E-state index in [1.807, 2.05) is 12.1 Å². The third-order valence-corrected chi connectivity index (χ3v) is 3.97. The van der Waals surface area contributed by atoms with Crippen LogP contribution in [-0.2, 0) is 5.88 Å². The largest absolute Gasteiger partial charge is 0.367 e. The third-order valence-electron chi connectivity index (χ3n) is 3.45. The molecule has 0 radical (unpaired) electrons. The molecule has 0 bridgehead atoms. The third kappa shape index (κ3) is 3.11. The summed E-state index contributed by atoms with van der Waals surface area (Å²) in [6.45, 7) is 2.20. The van der Waals surface area contributed by atoms with Crippen LogP contribution in [0.4, 0.5) is 5.69 Å². The van der Waals surface area contributed by atoms with E-state index in [0.29, 0.717) is 11.9 Å². The Morgan fingerprint density at radius 2 is 2.17 bits per heavy atom. The molecule has 2 nitrogen and oxygen atoms in total. The molecule has 0 N–H and O–H groups in total. The van der Waals surface area contributed by atoms with Crippen molar-refractivity contribution in [2.75, 3.05) is 32.1 Å². The fourth-order valence-corrected chi connectivity index (χ4v) is 3.11. The lowest BCUT2D eigenvalue weighted by Crippen LogP contribution is -2.37. The maximum absolute atomic E-state index is 6.04. The number of benzene rings is 1. The first-order valence-electron chi connectivity index (χ1n) is 6.37. The molecule has 0 amide bonds. The average molecular weight is 287 g/mol. The Labute approximate surface area is 119 Å². The second-order valence-corrected chi connectivity index (χ2v) is 5.86. The molecule has 1 fully saturated rings. The number of anilines is 1. The highest BCUT2D eigenvalue weighted by Crippen LogP contribution is 2.31. The molecule has 1 aliphatic rings. The quantitative estimate of drug-likeness (QED) is 0.781. The molecule has 1 aromatic rings. The van der Waals surface area contributed by atoms with Gasteiger partial charge in [-0.15, -0.1) is 11.6 Å². The normalized spacial score (nSPS) is 19.8. The lowest BCUT2D eigenvalue weighted by molar-refractivity contribution is 0.372. The SMILES string of the molecule is CN(C)CC1CCCN1c1ccc(Cl)cc1CCl. The molecule has 1 heterocycles. The summed E-state index contributed by atoms with van der Waals surface area (Å²) in [5.74, 6) is 0.515. The second kappa shape index (κ2) is 6.14. The molecular formula is C14H20Cl2N2. The van der Waals surface area contributed by atoms with E-state index in [1.165, 1.54) is 18.5 Å². The summed E-state index contributed by atoms with van der Waals surface area (Å²) < 4.78 is 0. The van der Waals surface area contributed by atoms with Gasteiger partial charge in [0.25, 0.3) is 0 Å². The zero-order valence-corrected chi connectivity index (χ0v) is 12.5. The minimum Gasteiger partial charge on any atom is -0.367 e. The Bertz CT molecular complexity index is 407. The van der Waals surface area contributed by atoms with E-state index in [9.17, 15) is 0 Å². The summed E-state index contributed by atoms with van der Waals surface area (Å²) in [5, 5.41) is 0.762. The van der Waals surface area contributed by atoms with Gasteiger partial charge in [-0.1, -0.05) is 11.6 Å². The van der Waals surface area contributed by atoms with Crippen LogP contribution >= 0.6 is 23.2 Å². The lowest BCUT2D eigenvalue weighted by Gasteiger charge is -2.30. The van der Waals surface area contributed by atoms with Crippen molar-refractivity contribution in [1.82, 2.24) is 4.90 Å². The summed E-state index contributed by atoms with van der Waals surface area (Å²) in [4.78, 5) is 4.73. The van der Waals surface area contributed by atoms with E-state index in [1.54, 1.807) is 0 Å². The number of rotatable bonds is 4. The molecular weight excluding hydrogens is 267 g/mol. The fourth-order valence-electron chi connectivity index (χ4n) is 2.71. The Kier molecular flexibility index (Phi) is 4.77. The van der Waals surface area contributed by atoms with Crippen LogP contribution in [-0.4, -0.2) is 38.1 Å². The van der Waals surface area contributed by atoms with E-state index >= 15 is 0 Å². The van der Waals surface area contributed by atoms with Crippen LogP contribution in [0.3, 0.4) is 0 Å². The van der Waals surface area contributed by atoms with Gasteiger partial charge in [0.1, 0.15) is 0 Å². The van der Waals surface area contributed by atoms with E-state index in [0.717, 1.165) is 23.7 Å². The summed E-state index contributed by atoms with van der Waals surface area (Å²) in [6.07, 6.45) is 2.51. The van der Waals surface area contributed by atoms with E-state index in [-0.39, 0.29) is 0 Å². The van der Waals surface area contributed by atoms with Crippen LogP contribution in [0.2, 0.25) is 5.02 Å². The van der Waals surface area contributed by atoms with Crippen LogP contribution in [0.15, 0.2) is 18.2 Å². The van der Waals surface area contributed by atoms with Crippen molar-refractivity contribution in [2.24, 2.45) is 0 Å². The summed E-state index contributed by atoms with van der Waals surface area (Å²) in [6, 6.07) is 6.63. The first-order chi connectivity index (χ1) is 8.61. The number of likely N-dealkylation sites (N-methyl/N-ethyl adjacent to an activating group) is 1. The Morgan fingerprint density at radius 3 is 2.83 bits per heavy atom. The number of hydrogen-bond donors (Lipinski definition) is 0. The molecule has 100 valence electrons. The minimum absolute atomic E-state index is 0.515. The summed E-state index contributed by atoms with van der Waals surface area (Å²) in [5.41, 5.74) is 2.38. The topological polar surface area (TPSA) is 6.48 Å². The predicted octanol–water partition coefficient (Wildman–Crippen LogP) is 3.61. The smallest absolute Gasteiger partial charge is 0.0495 e. The molecule has 18 heavy (non-hydrogen) atoms. The van der Waals surface area contributed by atoms with Gasteiger partial charge in [0.2, 0.25) is 0 Å². The van der Waals surface area contributed by atoms with Crippen LogP contribution in [0.1, 0.15) is 18.4 Å². The van der Waals surface area contributed by atoms with Gasteiger partial charge in [0.05, 0.1) is 0 Å². The van der Waals surface area contributed by atoms with E-state index in [4.69, 9.17) is 23.2 Å². The fraction of sp³-hybridized carbons (Fsp3) is 0.571. The molecule has 2 rings (SSSR count). The van der Waals surface area contributed by atoms with E-state index in [2.05, 4.69) is 30.0 Å². The van der Waals surface area contributed by atoms with Gasteiger partial charge in [0.15, 0.2) is 0 Å². The van der Waals surface area contributed by atoms with Gasteiger partial charge < -0.3 is 9.80 Å². The van der Waals surface area contributed by atoms with Crippen molar-refractivity contribution in [3.05, 3.63) is 28.8 Å². The van der Waals surface area contributed by atoms with Crippen molar-refractivity contribution in [2.45, 2.75) is 24.8 Å². The number of hydrogen-bond acceptors (Lipinski definition) is 2. The monoisotopic (exact) mass is 286 g/mol. The minimum atomic E-state index is 0.515. The molecule has 0 aliphatic carbocycles. The molecule has 0 spiro atoms. The standard InChI is InChI=1S/C14H20Cl2N2/c1-17(2)10-13-4-3-7-18(13)14-6-5-12(16)8-11(14)9-15/h5-6,8,13H,3-4,7,9-10H2,1-2H3. The molecule has 4 heteroatoms. The van der Waals surface area contributed by atoms with Crippen molar-refractivity contribution in [3.63, 3.8) is 0 Å². The van der Waals surface area contributed by atoms with Crippen LogP contribution in [0.25, 0.3) is 0 Å². The van der Waals surface area contributed by atoms with Gasteiger partial charge in [0, 0.05) is 35.7 Å². The highest BCUT2D eigenvalue weighted by molar-refractivity contribution is 6.30. The predicted molar refractivity (Wildman–Crippen MR) is 79.9 cm³/mol. The van der Waals surface area contributed by atoms with Gasteiger partial charge in [-0.25, -0.2) is 0 Å². The Balaban J connectivity index is 2.24. The number of alkyl halides is 1. The molecule has 0 aromatic heterocycles. The molecule has 0 saturated carbocycles. The highest BCUT2D eigenvalue weighted by atomic mass is 35.5. The Morgan fingerprint density at radius 1 is 1.39 bits per heavy atom. The lowest BCUT2D eigenvalue weighted by atomic mass is 10.1. The average Bonchev–Trinajstić information content (AvgIpc) is 2.76. The zero-order valence-electron chi connectivity index (χ0n) is 11.0. The Hall–Kier alpha value is -0.440. The number of nitrogens with zero attached hydrogens (tertiary/aromatic N) is 2. The van der Waals surface area contributed by atoms with Crippen LogP contribution in [0.5, 0.6) is 0 Å². The van der Waals surface area contributed by atoms with Crippen LogP contribution in [0, 0.1) is 0 Å². The van der Waals surface area contributed by atoms with Crippen molar-refractivity contribution in [3.8, 4) is 0 Å². The van der Waals surface area contributed by atoms with E-state index < -0.39 is 0 Å². The second-order valence-electron chi connectivity index (χ2n) is 5.16. The van der Waals surface area contributed by atoms with Crippen molar-refractivity contribution in [1.29, 1.82) is 0 Å². The maximum atomic E-state index is 6.04. The van der Waals surface area contributed by atoms with Gasteiger partial charge in [-0.2, -0.15) is 0 Å². The van der Waals surface area contributed by atoms with Crippen LogP contribution < -0.4 is 4.90 Å². The first-order valence-corrected chi connectivity index (χ1v) is 7.29. The maximum Gasteiger partial charge on any atom is 0.0495 e. The van der Waals surface area contributed by atoms with Gasteiger partial charge >= 0.3 is 0 Å². The van der Waals surface area contributed by atoms with Crippen molar-refractivity contribution >= 4 is 28.9 Å². The van der Waals surface area contributed by atoms with Gasteiger partial charge in [-0.3, -0.25) is 0 Å². The molecule has 1 aliphatic heterocycles. The van der Waals surface area contributed by atoms with Crippen molar-refractivity contribution < 1.29 is 0 Å². The highest BCUT2D eigenvalue weighted by Gasteiger charge is 2.26. The number of halogens is 2. The zero-order chi connectivity index (χ0) is 13.1. The molecule has 1 unspecified atom stereocenters. The molecule has 1 aromatic carbocycles. The molecule has 1 saturated heterocycles. The summed E-state index contributed by atoms with van der Waals surface area (Å²) >= 11 is 12.1.